The largest absolute Gasteiger partial charge is 0.298 e. The molecule has 0 bridgehead atoms. The van der Waals surface area contributed by atoms with E-state index in [0.717, 1.165) is 41.8 Å². The van der Waals surface area contributed by atoms with Gasteiger partial charge >= 0.3 is 0 Å². The number of halogens is 1. The number of sulfone groups is 1. The van der Waals surface area contributed by atoms with Crippen LogP contribution in [0.1, 0.15) is 10.4 Å². The lowest BCUT2D eigenvalue weighted by Crippen LogP contribution is -2.11. The van der Waals surface area contributed by atoms with Gasteiger partial charge in [0.2, 0.25) is 9.84 Å². The predicted molar refractivity (Wildman–Crippen MR) is 97.9 cm³/mol. The monoisotopic (exact) mass is 424 g/mol. The molecule has 1 amide bonds. The van der Waals surface area contributed by atoms with Gasteiger partial charge in [-0.05, 0) is 24.3 Å². The number of amides is 1. The first-order valence-electron chi connectivity index (χ1n) is 7.15. The van der Waals surface area contributed by atoms with Crippen LogP contribution in [-0.4, -0.2) is 29.2 Å². The molecule has 0 saturated heterocycles. The molecule has 9 nitrogen and oxygen atoms in total. The van der Waals surface area contributed by atoms with Crippen LogP contribution in [0.15, 0.2) is 57.9 Å². The zero-order chi connectivity index (χ0) is 19.6. The average molecular weight is 425 g/mol. The molecule has 0 radical (unpaired) electrons. The molecule has 138 valence electrons. The van der Waals surface area contributed by atoms with Crippen LogP contribution in [0.4, 0.5) is 10.8 Å². The lowest BCUT2D eigenvalue weighted by Gasteiger charge is -2.02. The van der Waals surface area contributed by atoms with E-state index in [0.29, 0.717) is 0 Å². The molecule has 0 aliphatic heterocycles. The molecule has 3 rings (SSSR count). The molecule has 0 atom stereocenters. The molecule has 0 fully saturated rings. The van der Waals surface area contributed by atoms with Crippen molar-refractivity contribution in [1.29, 1.82) is 0 Å². The lowest BCUT2D eigenvalue weighted by atomic mass is 10.3. The number of anilines is 1. The van der Waals surface area contributed by atoms with Crippen molar-refractivity contribution < 1.29 is 18.1 Å². The second-order valence-electron chi connectivity index (χ2n) is 5.06. The first kappa shape index (κ1) is 18.9. The van der Waals surface area contributed by atoms with Gasteiger partial charge in [0.05, 0.1) is 21.6 Å². The van der Waals surface area contributed by atoms with Crippen molar-refractivity contribution in [3.05, 3.63) is 69.6 Å². The molecule has 0 aliphatic carbocycles. The number of hydrogen-bond donors (Lipinski definition) is 1. The lowest BCUT2D eigenvalue weighted by molar-refractivity contribution is -0.384. The molecule has 0 spiro atoms. The predicted octanol–water partition coefficient (Wildman–Crippen LogP) is 3.18. The fraction of sp³-hybridized carbons (Fsp3) is 0. The first-order chi connectivity index (χ1) is 12.8. The van der Waals surface area contributed by atoms with E-state index in [4.69, 9.17) is 11.6 Å². The van der Waals surface area contributed by atoms with E-state index in [1.165, 1.54) is 18.3 Å². The summed E-state index contributed by atoms with van der Waals surface area (Å²) in [5.41, 5.74) is 0.0113. The molecule has 0 unspecified atom stereocenters. The number of carbonyl (C=O) groups excluding carboxylic acids is 1. The molecule has 2 aromatic heterocycles. The highest BCUT2D eigenvalue weighted by Gasteiger charge is 2.22. The maximum absolute atomic E-state index is 12.6. The number of benzene rings is 1. The number of aromatic nitrogens is 2. The summed E-state index contributed by atoms with van der Waals surface area (Å²) in [6, 6.07) is 7.40. The van der Waals surface area contributed by atoms with Gasteiger partial charge in [-0.2, -0.15) is 0 Å². The molecule has 3 aromatic rings. The normalized spacial score (nSPS) is 11.1. The Balaban J connectivity index is 1.80. The topological polar surface area (TPSA) is 132 Å². The smallest absolute Gasteiger partial charge is 0.269 e. The third-order valence-corrected chi connectivity index (χ3v) is 6.68. The summed E-state index contributed by atoms with van der Waals surface area (Å²) in [5.74, 6) is -0.521. The van der Waals surface area contributed by atoms with Crippen LogP contribution >= 0.6 is 22.9 Å². The number of nitro groups is 1. The van der Waals surface area contributed by atoms with Gasteiger partial charge in [-0.15, -0.1) is 0 Å². The van der Waals surface area contributed by atoms with Gasteiger partial charge in [0.25, 0.3) is 11.6 Å². The Kier molecular flexibility index (Phi) is 5.17. The Morgan fingerprint density at radius 1 is 1.11 bits per heavy atom. The van der Waals surface area contributed by atoms with E-state index in [9.17, 15) is 23.3 Å². The summed E-state index contributed by atoms with van der Waals surface area (Å²) in [7, 11) is -3.91. The van der Waals surface area contributed by atoms with E-state index in [2.05, 4.69) is 15.3 Å². The second kappa shape index (κ2) is 7.39. The fourth-order valence-electron chi connectivity index (χ4n) is 1.98. The molecule has 2 heterocycles. The van der Waals surface area contributed by atoms with E-state index >= 15 is 0 Å². The number of nitrogens with one attached hydrogen (secondary N) is 1. The van der Waals surface area contributed by atoms with E-state index in [-0.39, 0.29) is 30.6 Å². The van der Waals surface area contributed by atoms with Gasteiger partial charge in [0.15, 0.2) is 5.13 Å². The first-order valence-corrected chi connectivity index (χ1v) is 9.83. The van der Waals surface area contributed by atoms with Gasteiger partial charge < -0.3 is 0 Å². The summed E-state index contributed by atoms with van der Waals surface area (Å²) in [4.78, 5) is 29.7. The van der Waals surface area contributed by atoms with Gasteiger partial charge in [-0.1, -0.05) is 22.9 Å². The summed E-state index contributed by atoms with van der Waals surface area (Å²) in [6.45, 7) is 0. The van der Waals surface area contributed by atoms with Crippen molar-refractivity contribution >= 4 is 49.5 Å². The minimum Gasteiger partial charge on any atom is -0.298 e. The molecule has 12 heteroatoms. The zero-order valence-corrected chi connectivity index (χ0v) is 15.6. The number of non-ortho nitro benzene ring substituents is 1. The molecular formula is C15H9ClN4O5S2. The Morgan fingerprint density at radius 3 is 2.41 bits per heavy atom. The molecule has 1 aromatic carbocycles. The van der Waals surface area contributed by atoms with Gasteiger partial charge in [-0.3, -0.25) is 20.2 Å². The standard InChI is InChI=1S/C15H9ClN4O5S2/c16-12-6-1-9(7-17-12)14(21)19-15-18-8-13(26-15)27(24,25)11-4-2-10(3-5-11)20(22)23/h1-8H,(H,18,19,21). The Hall–Kier alpha value is -2.89. The van der Waals surface area contributed by atoms with Crippen molar-refractivity contribution in [2.75, 3.05) is 5.32 Å². The summed E-state index contributed by atoms with van der Waals surface area (Å²) in [5, 5.41) is 13.5. The van der Waals surface area contributed by atoms with Crippen LogP contribution < -0.4 is 5.32 Å². The minimum atomic E-state index is -3.91. The van der Waals surface area contributed by atoms with Crippen molar-refractivity contribution in [2.24, 2.45) is 0 Å². The fourth-order valence-corrected chi connectivity index (χ4v) is 4.52. The average Bonchev–Trinajstić information content (AvgIpc) is 3.11. The van der Waals surface area contributed by atoms with E-state index in [1.807, 2.05) is 0 Å². The van der Waals surface area contributed by atoms with Crippen LogP contribution in [0.5, 0.6) is 0 Å². The maximum Gasteiger partial charge on any atom is 0.269 e. The summed E-state index contributed by atoms with van der Waals surface area (Å²) >= 11 is 6.42. The van der Waals surface area contributed by atoms with Crippen LogP contribution in [0.3, 0.4) is 0 Å². The second-order valence-corrected chi connectivity index (χ2v) is 8.66. The van der Waals surface area contributed by atoms with Gasteiger partial charge in [0.1, 0.15) is 9.36 Å². The molecule has 0 saturated carbocycles. The zero-order valence-electron chi connectivity index (χ0n) is 13.2. The maximum atomic E-state index is 12.6. The number of carbonyl (C=O) groups is 1. The number of hydrogen-bond acceptors (Lipinski definition) is 8. The van der Waals surface area contributed by atoms with Crippen molar-refractivity contribution in [3.63, 3.8) is 0 Å². The quantitative estimate of drug-likeness (QED) is 0.377. The highest BCUT2D eigenvalue weighted by atomic mass is 35.5. The Labute approximate surface area is 161 Å². The number of rotatable bonds is 5. The van der Waals surface area contributed by atoms with Crippen molar-refractivity contribution in [1.82, 2.24) is 9.97 Å². The number of pyridine rings is 1. The molecule has 0 aliphatic rings. The highest BCUT2D eigenvalue weighted by molar-refractivity contribution is 7.93. The number of nitro benzene ring substituents is 1. The summed E-state index contributed by atoms with van der Waals surface area (Å²) < 4.78 is 25.1. The molecule has 27 heavy (non-hydrogen) atoms. The highest BCUT2D eigenvalue weighted by Crippen LogP contribution is 2.29. The molecule has 1 N–H and O–H groups in total. The van der Waals surface area contributed by atoms with Crippen LogP contribution in [-0.2, 0) is 9.84 Å². The van der Waals surface area contributed by atoms with Crippen LogP contribution in [0.25, 0.3) is 0 Å². The van der Waals surface area contributed by atoms with Gasteiger partial charge in [0, 0.05) is 18.3 Å². The number of nitrogens with zero attached hydrogens (tertiary/aromatic N) is 3. The van der Waals surface area contributed by atoms with Gasteiger partial charge in [-0.25, -0.2) is 18.4 Å². The summed E-state index contributed by atoms with van der Waals surface area (Å²) in [6.07, 6.45) is 2.39. The Bertz CT molecular complexity index is 1110. The minimum absolute atomic E-state index is 0.0791. The third kappa shape index (κ3) is 4.10. The van der Waals surface area contributed by atoms with E-state index in [1.54, 1.807) is 0 Å². The van der Waals surface area contributed by atoms with Crippen LogP contribution in [0.2, 0.25) is 5.15 Å². The van der Waals surface area contributed by atoms with Crippen LogP contribution in [0, 0.1) is 10.1 Å². The van der Waals surface area contributed by atoms with Crippen molar-refractivity contribution in [3.8, 4) is 0 Å². The Morgan fingerprint density at radius 2 is 1.81 bits per heavy atom. The third-order valence-electron chi connectivity index (χ3n) is 3.32. The molecular weight excluding hydrogens is 416 g/mol. The van der Waals surface area contributed by atoms with Crippen molar-refractivity contribution in [2.45, 2.75) is 9.10 Å². The number of thiazole rings is 1. The van der Waals surface area contributed by atoms with E-state index < -0.39 is 20.7 Å². The SMILES string of the molecule is O=C(Nc1ncc(S(=O)(=O)c2ccc([N+](=O)[O-])cc2)s1)c1ccc(Cl)nc1.